The second kappa shape index (κ2) is 6.27. The van der Waals surface area contributed by atoms with Crippen molar-refractivity contribution in [1.82, 2.24) is 5.32 Å². The first-order chi connectivity index (χ1) is 9.00. The van der Waals surface area contributed by atoms with Gasteiger partial charge in [-0.05, 0) is 64.7 Å². The Balaban J connectivity index is 1.84. The predicted molar refractivity (Wildman–Crippen MR) is 83.8 cm³/mol. The van der Waals surface area contributed by atoms with Crippen molar-refractivity contribution in [3.8, 4) is 5.75 Å². The van der Waals surface area contributed by atoms with Crippen LogP contribution in [0.4, 0.5) is 0 Å². The van der Waals surface area contributed by atoms with Gasteiger partial charge in [0.05, 0.1) is 11.6 Å². The second-order valence-electron chi connectivity index (χ2n) is 6.29. The van der Waals surface area contributed by atoms with E-state index in [2.05, 4.69) is 47.2 Å². The van der Waals surface area contributed by atoms with Gasteiger partial charge in [0.1, 0.15) is 5.75 Å². The Hall–Kier alpha value is -0.540. The fourth-order valence-corrected chi connectivity index (χ4v) is 2.73. The molecule has 0 heterocycles. The maximum atomic E-state index is 5.26. The molecule has 0 amide bonds. The molecule has 0 atom stereocenters. The summed E-state index contributed by atoms with van der Waals surface area (Å²) in [6.07, 6.45) is 5.04. The van der Waals surface area contributed by atoms with Crippen molar-refractivity contribution < 1.29 is 4.74 Å². The summed E-state index contributed by atoms with van der Waals surface area (Å²) in [6.45, 7) is 5.82. The average molecular weight is 326 g/mol. The molecule has 1 fully saturated rings. The van der Waals surface area contributed by atoms with E-state index in [1.807, 2.05) is 6.07 Å². The summed E-state index contributed by atoms with van der Waals surface area (Å²) in [6, 6.07) is 7.17. The molecule has 3 heteroatoms. The van der Waals surface area contributed by atoms with Gasteiger partial charge in [-0.15, -0.1) is 0 Å². The van der Waals surface area contributed by atoms with Crippen LogP contribution < -0.4 is 10.1 Å². The number of hydrogen-bond donors (Lipinski definition) is 1. The molecular weight excluding hydrogens is 302 g/mol. The minimum atomic E-state index is 0.356. The van der Waals surface area contributed by atoms with Gasteiger partial charge >= 0.3 is 0 Å². The Morgan fingerprint density at radius 1 is 1.37 bits per heavy atom. The summed E-state index contributed by atoms with van der Waals surface area (Å²) in [4.78, 5) is 0. The smallest absolute Gasteiger partial charge is 0.133 e. The summed E-state index contributed by atoms with van der Waals surface area (Å²) >= 11 is 3.55. The Kier molecular flexibility index (Phi) is 4.91. The average Bonchev–Trinajstić information content (AvgIpc) is 3.18. The molecule has 0 bridgehead atoms. The van der Waals surface area contributed by atoms with Crippen LogP contribution >= 0.6 is 15.9 Å². The minimum Gasteiger partial charge on any atom is -0.496 e. The van der Waals surface area contributed by atoms with E-state index < -0.39 is 0 Å². The van der Waals surface area contributed by atoms with Crippen LogP contribution in [0.25, 0.3) is 0 Å². The maximum absolute atomic E-state index is 5.26. The molecule has 19 heavy (non-hydrogen) atoms. The first kappa shape index (κ1) is 14.9. The largest absolute Gasteiger partial charge is 0.496 e. The normalized spacial score (nSPS) is 15.6. The standard InChI is InChI=1S/C16H24BrNO/c1-16(2,11-18-13-5-6-13)9-8-12-4-7-15(19-3)14(17)10-12/h4,7,10,13,18H,5-6,8-9,11H2,1-3H3. The highest BCUT2D eigenvalue weighted by Gasteiger charge is 2.25. The molecule has 2 nitrogen and oxygen atoms in total. The molecule has 0 radical (unpaired) electrons. The van der Waals surface area contributed by atoms with Gasteiger partial charge in [-0.1, -0.05) is 19.9 Å². The van der Waals surface area contributed by atoms with Crippen LogP contribution in [-0.2, 0) is 6.42 Å². The zero-order valence-corrected chi connectivity index (χ0v) is 13.7. The summed E-state index contributed by atoms with van der Waals surface area (Å²) in [7, 11) is 1.70. The second-order valence-corrected chi connectivity index (χ2v) is 7.14. The number of ether oxygens (including phenoxy) is 1. The Morgan fingerprint density at radius 2 is 2.11 bits per heavy atom. The van der Waals surface area contributed by atoms with Gasteiger partial charge in [0.25, 0.3) is 0 Å². The van der Waals surface area contributed by atoms with Gasteiger partial charge in [-0.25, -0.2) is 0 Å². The topological polar surface area (TPSA) is 21.3 Å². The highest BCUT2D eigenvalue weighted by molar-refractivity contribution is 9.10. The first-order valence-electron chi connectivity index (χ1n) is 7.06. The zero-order chi connectivity index (χ0) is 13.9. The van der Waals surface area contributed by atoms with Gasteiger partial charge in [0.2, 0.25) is 0 Å². The lowest BCUT2D eigenvalue weighted by Gasteiger charge is -2.25. The van der Waals surface area contributed by atoms with Crippen molar-refractivity contribution in [3.05, 3.63) is 28.2 Å². The lowest BCUT2D eigenvalue weighted by atomic mass is 9.86. The monoisotopic (exact) mass is 325 g/mol. The molecule has 0 saturated heterocycles. The van der Waals surface area contributed by atoms with E-state index in [0.29, 0.717) is 5.41 Å². The lowest BCUT2D eigenvalue weighted by Crippen LogP contribution is -2.31. The fourth-order valence-electron chi connectivity index (χ4n) is 2.14. The zero-order valence-electron chi connectivity index (χ0n) is 12.1. The molecule has 1 saturated carbocycles. The predicted octanol–water partition coefficient (Wildman–Crippen LogP) is 4.17. The molecule has 1 aliphatic rings. The Labute approximate surface area is 125 Å². The Morgan fingerprint density at radius 3 is 2.68 bits per heavy atom. The van der Waals surface area contributed by atoms with Gasteiger partial charge in [-0.2, -0.15) is 0 Å². The number of hydrogen-bond acceptors (Lipinski definition) is 2. The highest BCUT2D eigenvalue weighted by Crippen LogP contribution is 2.29. The van der Waals surface area contributed by atoms with Crippen LogP contribution in [0.1, 0.15) is 38.7 Å². The molecule has 1 aromatic rings. The third kappa shape index (κ3) is 4.81. The van der Waals surface area contributed by atoms with Crippen molar-refractivity contribution in [2.45, 2.75) is 45.6 Å². The lowest BCUT2D eigenvalue weighted by molar-refractivity contribution is 0.313. The summed E-state index contributed by atoms with van der Waals surface area (Å²) in [5.74, 6) is 0.901. The quantitative estimate of drug-likeness (QED) is 0.812. The number of aryl methyl sites for hydroxylation is 1. The maximum Gasteiger partial charge on any atom is 0.133 e. The van der Waals surface area contributed by atoms with Crippen molar-refractivity contribution in [3.63, 3.8) is 0 Å². The molecule has 1 aliphatic carbocycles. The molecule has 2 rings (SSSR count). The molecule has 0 aliphatic heterocycles. The summed E-state index contributed by atoms with van der Waals surface area (Å²) in [5.41, 5.74) is 1.72. The first-order valence-corrected chi connectivity index (χ1v) is 7.85. The summed E-state index contributed by atoms with van der Waals surface area (Å²) < 4.78 is 6.30. The van der Waals surface area contributed by atoms with Gasteiger partial charge in [0, 0.05) is 12.6 Å². The SMILES string of the molecule is COc1ccc(CCC(C)(C)CNC2CC2)cc1Br. The molecular formula is C16H24BrNO. The number of methoxy groups -OCH3 is 1. The van der Waals surface area contributed by atoms with Gasteiger partial charge in [0.15, 0.2) is 0 Å². The van der Waals surface area contributed by atoms with Crippen molar-refractivity contribution in [2.24, 2.45) is 5.41 Å². The van der Waals surface area contributed by atoms with Crippen LogP contribution in [0.5, 0.6) is 5.75 Å². The molecule has 106 valence electrons. The Bertz CT molecular complexity index is 427. The van der Waals surface area contributed by atoms with Crippen LogP contribution in [-0.4, -0.2) is 19.7 Å². The van der Waals surface area contributed by atoms with E-state index in [4.69, 9.17) is 4.74 Å². The molecule has 0 spiro atoms. The van der Waals surface area contributed by atoms with Crippen LogP contribution in [0.3, 0.4) is 0 Å². The van der Waals surface area contributed by atoms with Crippen molar-refractivity contribution >= 4 is 15.9 Å². The molecule has 0 unspecified atom stereocenters. The van der Waals surface area contributed by atoms with Crippen LogP contribution in [0, 0.1) is 5.41 Å². The van der Waals surface area contributed by atoms with E-state index in [-0.39, 0.29) is 0 Å². The van der Waals surface area contributed by atoms with Gasteiger partial charge < -0.3 is 10.1 Å². The van der Waals surface area contributed by atoms with E-state index >= 15 is 0 Å². The summed E-state index contributed by atoms with van der Waals surface area (Å²) in [5, 5.41) is 3.63. The molecule has 0 aromatic heterocycles. The number of halogens is 1. The van der Waals surface area contributed by atoms with E-state index in [0.717, 1.165) is 29.2 Å². The third-order valence-electron chi connectivity index (χ3n) is 3.75. The number of nitrogens with one attached hydrogen (secondary N) is 1. The van der Waals surface area contributed by atoms with Gasteiger partial charge in [-0.3, -0.25) is 0 Å². The highest BCUT2D eigenvalue weighted by atomic mass is 79.9. The van der Waals surface area contributed by atoms with E-state index in [9.17, 15) is 0 Å². The van der Waals surface area contributed by atoms with E-state index in [1.165, 1.54) is 24.8 Å². The number of benzene rings is 1. The molecule has 1 aromatic carbocycles. The molecule has 1 N–H and O–H groups in total. The van der Waals surface area contributed by atoms with Crippen molar-refractivity contribution in [2.75, 3.05) is 13.7 Å². The third-order valence-corrected chi connectivity index (χ3v) is 4.37. The van der Waals surface area contributed by atoms with Crippen LogP contribution in [0.2, 0.25) is 0 Å². The van der Waals surface area contributed by atoms with Crippen molar-refractivity contribution in [1.29, 1.82) is 0 Å². The fraction of sp³-hybridized carbons (Fsp3) is 0.625. The van der Waals surface area contributed by atoms with E-state index in [1.54, 1.807) is 7.11 Å². The van der Waals surface area contributed by atoms with Crippen LogP contribution in [0.15, 0.2) is 22.7 Å². The number of rotatable bonds is 7. The minimum absolute atomic E-state index is 0.356.